The molecule has 0 radical (unpaired) electrons. The van der Waals surface area contributed by atoms with Crippen LogP contribution in [0.5, 0.6) is 0 Å². The molecule has 0 saturated heterocycles. The molecule has 7 nitrogen and oxygen atoms in total. The molecule has 2 heterocycles. The lowest BCUT2D eigenvalue weighted by Gasteiger charge is -1.98. The Morgan fingerprint density at radius 1 is 1.59 bits per heavy atom. The van der Waals surface area contributed by atoms with Crippen LogP contribution in [0.15, 0.2) is 15.7 Å². The van der Waals surface area contributed by atoms with Gasteiger partial charge in [-0.25, -0.2) is 4.98 Å². The van der Waals surface area contributed by atoms with E-state index in [2.05, 4.69) is 25.7 Å². The van der Waals surface area contributed by atoms with E-state index < -0.39 is 0 Å². The number of rotatable bonds is 4. The Kier molecular flexibility index (Phi) is 3.43. The highest BCUT2D eigenvalue weighted by Gasteiger charge is 2.08. The molecule has 2 aromatic heterocycles. The van der Waals surface area contributed by atoms with Gasteiger partial charge in [0.15, 0.2) is 5.82 Å². The second kappa shape index (κ2) is 5.00. The Morgan fingerprint density at radius 2 is 2.41 bits per heavy atom. The van der Waals surface area contributed by atoms with Gasteiger partial charge in [0.1, 0.15) is 11.6 Å². The highest BCUT2D eigenvalue weighted by molar-refractivity contribution is 7.99. The summed E-state index contributed by atoms with van der Waals surface area (Å²) in [5.41, 5.74) is 0. The lowest BCUT2D eigenvalue weighted by molar-refractivity contribution is -0.113. The maximum atomic E-state index is 11.5. The topological polar surface area (TPSA) is 96.7 Å². The van der Waals surface area contributed by atoms with Crippen LogP contribution in [-0.2, 0) is 4.79 Å². The van der Waals surface area contributed by atoms with Crippen LogP contribution in [0.25, 0.3) is 0 Å². The molecular weight excluding hydrogens is 242 g/mol. The quantitative estimate of drug-likeness (QED) is 0.793. The molecule has 0 bridgehead atoms. The summed E-state index contributed by atoms with van der Waals surface area (Å²) >= 11 is 1.25. The number of carbonyl (C=O) groups excluding carboxylic acids is 1. The standard InChI is InChI=1S/C9H11N5O2S/c1-5-3-7(14-16-5)11-8(15)4-17-9-10-6(2)12-13-9/h3H,4H2,1-2H3,(H,10,12,13)(H,11,14,15). The molecule has 0 fully saturated rings. The number of thioether (sulfide) groups is 1. The minimum absolute atomic E-state index is 0.175. The van der Waals surface area contributed by atoms with Crippen molar-refractivity contribution in [1.29, 1.82) is 0 Å². The van der Waals surface area contributed by atoms with Crippen molar-refractivity contribution in [2.45, 2.75) is 19.0 Å². The van der Waals surface area contributed by atoms with Gasteiger partial charge >= 0.3 is 0 Å². The maximum Gasteiger partial charge on any atom is 0.236 e. The summed E-state index contributed by atoms with van der Waals surface area (Å²) in [5.74, 6) is 1.84. The minimum atomic E-state index is -0.175. The summed E-state index contributed by atoms with van der Waals surface area (Å²) in [6.45, 7) is 3.56. The van der Waals surface area contributed by atoms with Gasteiger partial charge in [-0.15, -0.1) is 5.10 Å². The summed E-state index contributed by atoms with van der Waals surface area (Å²) in [6, 6.07) is 1.65. The maximum absolute atomic E-state index is 11.5. The fraction of sp³-hybridized carbons (Fsp3) is 0.333. The molecule has 0 aliphatic heterocycles. The van der Waals surface area contributed by atoms with E-state index in [1.807, 2.05) is 0 Å². The van der Waals surface area contributed by atoms with Crippen molar-refractivity contribution < 1.29 is 9.32 Å². The van der Waals surface area contributed by atoms with Crippen LogP contribution in [-0.4, -0.2) is 32.0 Å². The molecule has 0 atom stereocenters. The van der Waals surface area contributed by atoms with Gasteiger partial charge in [0.25, 0.3) is 0 Å². The summed E-state index contributed by atoms with van der Waals surface area (Å²) in [5, 5.41) is 13.4. The molecule has 0 spiro atoms. The normalized spacial score (nSPS) is 10.5. The largest absolute Gasteiger partial charge is 0.360 e. The molecule has 8 heteroatoms. The van der Waals surface area contributed by atoms with E-state index in [-0.39, 0.29) is 11.7 Å². The molecule has 2 N–H and O–H groups in total. The number of nitrogens with one attached hydrogen (secondary N) is 2. The van der Waals surface area contributed by atoms with Crippen LogP contribution < -0.4 is 5.32 Å². The Bertz CT molecular complexity index is 521. The second-order valence-electron chi connectivity index (χ2n) is 3.36. The van der Waals surface area contributed by atoms with Crippen LogP contribution >= 0.6 is 11.8 Å². The number of aryl methyl sites for hydroxylation is 2. The number of hydrogen-bond acceptors (Lipinski definition) is 6. The van der Waals surface area contributed by atoms with Gasteiger partial charge in [0.2, 0.25) is 11.1 Å². The molecule has 0 saturated carbocycles. The van der Waals surface area contributed by atoms with Gasteiger partial charge < -0.3 is 9.84 Å². The van der Waals surface area contributed by atoms with Gasteiger partial charge in [-0.1, -0.05) is 16.9 Å². The number of H-pyrrole nitrogens is 1. The van der Waals surface area contributed by atoms with Gasteiger partial charge in [-0.2, -0.15) is 0 Å². The van der Waals surface area contributed by atoms with Crippen LogP contribution in [0.2, 0.25) is 0 Å². The van der Waals surface area contributed by atoms with Crippen molar-refractivity contribution in [3.63, 3.8) is 0 Å². The summed E-state index contributed by atoms with van der Waals surface area (Å²) < 4.78 is 4.83. The van der Waals surface area contributed by atoms with Crippen LogP contribution in [0, 0.1) is 13.8 Å². The van der Waals surface area contributed by atoms with E-state index in [1.165, 1.54) is 11.8 Å². The summed E-state index contributed by atoms with van der Waals surface area (Å²) in [4.78, 5) is 15.6. The predicted octanol–water partition coefficient (Wildman–Crippen LogP) is 1.14. The molecular formula is C9H11N5O2S. The van der Waals surface area contributed by atoms with Crippen molar-refractivity contribution >= 4 is 23.5 Å². The Hall–Kier alpha value is -1.83. The number of carbonyl (C=O) groups is 1. The lowest BCUT2D eigenvalue weighted by Crippen LogP contribution is -2.14. The van der Waals surface area contributed by atoms with Crippen molar-refractivity contribution in [3.8, 4) is 0 Å². The molecule has 2 aromatic rings. The lowest BCUT2D eigenvalue weighted by atomic mass is 10.5. The van der Waals surface area contributed by atoms with Crippen molar-refractivity contribution in [3.05, 3.63) is 17.7 Å². The molecule has 90 valence electrons. The predicted molar refractivity (Wildman–Crippen MR) is 61.7 cm³/mol. The third-order valence-corrected chi connectivity index (χ3v) is 2.65. The third-order valence-electron chi connectivity index (χ3n) is 1.80. The number of hydrogen-bond donors (Lipinski definition) is 2. The number of aromatic amines is 1. The zero-order valence-corrected chi connectivity index (χ0v) is 10.2. The average molecular weight is 253 g/mol. The monoisotopic (exact) mass is 253 g/mol. The van der Waals surface area contributed by atoms with Gasteiger partial charge in [0.05, 0.1) is 5.75 Å². The van der Waals surface area contributed by atoms with Crippen molar-refractivity contribution in [2.24, 2.45) is 0 Å². The molecule has 1 amide bonds. The van der Waals surface area contributed by atoms with E-state index in [4.69, 9.17) is 4.52 Å². The number of aromatic nitrogens is 4. The number of nitrogens with zero attached hydrogens (tertiary/aromatic N) is 3. The summed E-state index contributed by atoms with van der Waals surface area (Å²) in [6.07, 6.45) is 0. The SMILES string of the molecule is Cc1nc(SCC(=O)Nc2cc(C)on2)n[nH]1. The van der Waals surface area contributed by atoms with E-state index in [0.717, 1.165) is 5.82 Å². The first-order chi connectivity index (χ1) is 8.13. The van der Waals surface area contributed by atoms with Crippen molar-refractivity contribution in [2.75, 3.05) is 11.1 Å². The fourth-order valence-electron chi connectivity index (χ4n) is 1.12. The Labute approximate surface area is 101 Å². The molecule has 0 unspecified atom stereocenters. The molecule has 0 aliphatic rings. The van der Waals surface area contributed by atoms with E-state index in [0.29, 0.717) is 16.7 Å². The smallest absolute Gasteiger partial charge is 0.236 e. The molecule has 0 aliphatic carbocycles. The zero-order valence-electron chi connectivity index (χ0n) is 9.35. The fourth-order valence-corrected chi connectivity index (χ4v) is 1.77. The first-order valence-electron chi connectivity index (χ1n) is 4.88. The first kappa shape index (κ1) is 11.6. The van der Waals surface area contributed by atoms with Crippen LogP contribution in [0.4, 0.5) is 5.82 Å². The highest BCUT2D eigenvalue weighted by atomic mass is 32.2. The first-order valence-corrected chi connectivity index (χ1v) is 5.87. The zero-order chi connectivity index (χ0) is 12.3. The number of amides is 1. The Balaban J connectivity index is 1.82. The Morgan fingerprint density at radius 3 is 3.00 bits per heavy atom. The molecule has 2 rings (SSSR count). The van der Waals surface area contributed by atoms with Crippen molar-refractivity contribution in [1.82, 2.24) is 20.3 Å². The van der Waals surface area contributed by atoms with Crippen LogP contribution in [0.3, 0.4) is 0 Å². The number of anilines is 1. The van der Waals surface area contributed by atoms with Gasteiger partial charge in [-0.05, 0) is 13.8 Å². The van der Waals surface area contributed by atoms with Gasteiger partial charge in [0, 0.05) is 6.07 Å². The van der Waals surface area contributed by atoms with Crippen LogP contribution in [0.1, 0.15) is 11.6 Å². The second-order valence-corrected chi connectivity index (χ2v) is 4.31. The van der Waals surface area contributed by atoms with E-state index in [9.17, 15) is 4.79 Å². The molecule has 0 aromatic carbocycles. The summed E-state index contributed by atoms with van der Waals surface area (Å²) in [7, 11) is 0. The van der Waals surface area contributed by atoms with Gasteiger partial charge in [-0.3, -0.25) is 9.89 Å². The minimum Gasteiger partial charge on any atom is -0.360 e. The highest BCUT2D eigenvalue weighted by Crippen LogP contribution is 2.13. The van der Waals surface area contributed by atoms with E-state index >= 15 is 0 Å². The molecule has 17 heavy (non-hydrogen) atoms. The third kappa shape index (κ3) is 3.31. The van der Waals surface area contributed by atoms with E-state index in [1.54, 1.807) is 19.9 Å². The average Bonchev–Trinajstić information content (AvgIpc) is 2.85.